The van der Waals surface area contributed by atoms with Crippen LogP contribution in [-0.4, -0.2) is 24.8 Å². The number of nitrogens with one attached hydrogen (secondary N) is 3. The molecular weight excluding hydrogens is 266 g/mol. The van der Waals surface area contributed by atoms with E-state index < -0.39 is 0 Å². The Morgan fingerprint density at radius 2 is 2.00 bits per heavy atom. The van der Waals surface area contributed by atoms with Gasteiger partial charge in [-0.05, 0) is 63.2 Å². The third kappa shape index (κ3) is 3.10. The van der Waals surface area contributed by atoms with Crippen molar-refractivity contribution in [3.05, 3.63) is 0 Å². The summed E-state index contributed by atoms with van der Waals surface area (Å²) >= 11 is 0. The molecule has 3 fully saturated rings. The van der Waals surface area contributed by atoms with Gasteiger partial charge in [0.1, 0.15) is 6.23 Å². The Kier molecular flexibility index (Phi) is 4.82. The lowest BCUT2D eigenvalue weighted by molar-refractivity contribution is -0.126. The van der Waals surface area contributed by atoms with E-state index in [2.05, 4.69) is 23.0 Å². The maximum atomic E-state index is 12.2. The van der Waals surface area contributed by atoms with Crippen LogP contribution in [0.1, 0.15) is 52.4 Å². The van der Waals surface area contributed by atoms with Crippen molar-refractivity contribution in [2.45, 2.75) is 64.8 Å². The van der Waals surface area contributed by atoms with Gasteiger partial charge in [0, 0.05) is 12.5 Å². The lowest BCUT2D eigenvalue weighted by Crippen LogP contribution is -2.44. The second kappa shape index (κ2) is 6.63. The number of fused-ring (bicyclic) bond motifs is 1. The lowest BCUT2D eigenvalue weighted by Gasteiger charge is -2.36. The maximum absolute atomic E-state index is 12.2. The van der Waals surface area contributed by atoms with Gasteiger partial charge in [0.25, 0.3) is 0 Å². The smallest absolute Gasteiger partial charge is 0.223 e. The average molecular weight is 295 g/mol. The predicted octanol–water partition coefficient (Wildman–Crippen LogP) is 1.75. The molecule has 5 heteroatoms. The SMILES string of the molecule is CCNC(=O)[C@H]1CCC2CC(C3NOC(CC)N3)CCC21. The highest BCUT2D eigenvalue weighted by Crippen LogP contribution is 2.48. The van der Waals surface area contributed by atoms with E-state index in [1.54, 1.807) is 0 Å². The van der Waals surface area contributed by atoms with E-state index in [0.717, 1.165) is 25.3 Å². The molecule has 1 heterocycles. The van der Waals surface area contributed by atoms with Crippen LogP contribution in [0.25, 0.3) is 0 Å². The summed E-state index contributed by atoms with van der Waals surface area (Å²) in [6.45, 7) is 4.89. The number of carbonyl (C=O) groups excluding carboxylic acids is 1. The highest BCUT2D eigenvalue weighted by molar-refractivity contribution is 5.79. The molecule has 3 N–H and O–H groups in total. The summed E-state index contributed by atoms with van der Waals surface area (Å²) in [5.74, 6) is 2.52. The van der Waals surface area contributed by atoms with Crippen LogP contribution in [0.3, 0.4) is 0 Å². The molecule has 120 valence electrons. The Bertz CT molecular complexity index is 377. The van der Waals surface area contributed by atoms with Gasteiger partial charge in [0.2, 0.25) is 5.91 Å². The quantitative estimate of drug-likeness (QED) is 0.739. The maximum Gasteiger partial charge on any atom is 0.223 e. The normalized spacial score (nSPS) is 42.8. The van der Waals surface area contributed by atoms with Gasteiger partial charge < -0.3 is 5.32 Å². The Labute approximate surface area is 127 Å². The molecule has 0 bridgehead atoms. The number of hydrogen-bond acceptors (Lipinski definition) is 4. The Hall–Kier alpha value is -0.650. The Morgan fingerprint density at radius 1 is 1.19 bits per heavy atom. The van der Waals surface area contributed by atoms with Gasteiger partial charge >= 0.3 is 0 Å². The molecule has 3 aliphatic rings. The first kappa shape index (κ1) is 15.3. The van der Waals surface area contributed by atoms with Gasteiger partial charge in [-0.3, -0.25) is 14.9 Å². The van der Waals surface area contributed by atoms with E-state index in [9.17, 15) is 4.79 Å². The Morgan fingerprint density at radius 3 is 2.71 bits per heavy atom. The van der Waals surface area contributed by atoms with E-state index >= 15 is 0 Å². The van der Waals surface area contributed by atoms with Crippen molar-refractivity contribution >= 4 is 5.91 Å². The van der Waals surface area contributed by atoms with Crippen molar-refractivity contribution in [2.24, 2.45) is 23.7 Å². The summed E-state index contributed by atoms with van der Waals surface area (Å²) < 4.78 is 0. The van der Waals surface area contributed by atoms with Gasteiger partial charge in [0.05, 0.1) is 6.17 Å². The summed E-state index contributed by atoms with van der Waals surface area (Å²) in [6.07, 6.45) is 7.34. The third-order valence-electron chi connectivity index (χ3n) is 5.68. The Balaban J connectivity index is 1.55. The molecule has 0 spiro atoms. The first-order chi connectivity index (χ1) is 10.2. The second-order valence-corrected chi connectivity index (χ2v) is 6.85. The number of rotatable bonds is 4. The van der Waals surface area contributed by atoms with Gasteiger partial charge in [-0.15, -0.1) is 0 Å². The molecule has 5 unspecified atom stereocenters. The topological polar surface area (TPSA) is 62.4 Å². The molecule has 2 saturated carbocycles. The number of hydroxylamine groups is 1. The molecule has 3 rings (SSSR count). The molecule has 0 radical (unpaired) electrons. The van der Waals surface area contributed by atoms with Crippen molar-refractivity contribution < 1.29 is 9.63 Å². The zero-order valence-corrected chi connectivity index (χ0v) is 13.2. The molecular formula is C16H29N3O2. The van der Waals surface area contributed by atoms with Gasteiger partial charge in [-0.2, -0.15) is 5.48 Å². The van der Waals surface area contributed by atoms with E-state index in [-0.39, 0.29) is 18.1 Å². The van der Waals surface area contributed by atoms with Crippen molar-refractivity contribution in [1.82, 2.24) is 16.1 Å². The van der Waals surface area contributed by atoms with Crippen LogP contribution in [-0.2, 0) is 9.63 Å². The lowest BCUT2D eigenvalue weighted by atomic mass is 9.72. The summed E-state index contributed by atoms with van der Waals surface area (Å²) in [4.78, 5) is 17.7. The minimum absolute atomic E-state index is 0.152. The van der Waals surface area contributed by atoms with Crippen LogP contribution in [0.4, 0.5) is 0 Å². The fourth-order valence-electron chi connectivity index (χ4n) is 4.58. The number of hydrogen-bond donors (Lipinski definition) is 3. The monoisotopic (exact) mass is 295 g/mol. The molecule has 0 aromatic rings. The molecule has 2 aliphatic carbocycles. The fraction of sp³-hybridized carbons (Fsp3) is 0.938. The zero-order valence-electron chi connectivity index (χ0n) is 13.2. The molecule has 1 aliphatic heterocycles. The average Bonchev–Trinajstić information content (AvgIpc) is 3.13. The van der Waals surface area contributed by atoms with E-state index in [0.29, 0.717) is 18.0 Å². The number of amides is 1. The van der Waals surface area contributed by atoms with Gasteiger partial charge in [-0.25, -0.2) is 0 Å². The summed E-state index contributed by atoms with van der Waals surface area (Å²) in [6, 6.07) is 0. The van der Waals surface area contributed by atoms with E-state index in [1.807, 2.05) is 6.92 Å². The molecule has 1 amide bonds. The first-order valence-electron chi connectivity index (χ1n) is 8.67. The van der Waals surface area contributed by atoms with Crippen LogP contribution >= 0.6 is 0 Å². The van der Waals surface area contributed by atoms with Crippen molar-refractivity contribution in [3.8, 4) is 0 Å². The highest BCUT2D eigenvalue weighted by atomic mass is 16.7. The fourth-order valence-corrected chi connectivity index (χ4v) is 4.58. The molecule has 21 heavy (non-hydrogen) atoms. The van der Waals surface area contributed by atoms with Crippen LogP contribution in [0.5, 0.6) is 0 Å². The molecule has 0 aromatic heterocycles. The standard InChI is InChI=1S/C16H29N3O2/c1-3-14-18-15(19-21-14)11-6-7-12-10(9-11)5-8-13(12)16(20)17-4-2/h10-15,18-19H,3-9H2,1-2H3,(H,17,20)/t10?,11?,12?,13-,14?,15?/m0/s1. The minimum Gasteiger partial charge on any atom is -0.356 e. The first-order valence-corrected chi connectivity index (χ1v) is 8.67. The van der Waals surface area contributed by atoms with Gasteiger partial charge in [-0.1, -0.05) is 6.92 Å². The zero-order chi connectivity index (χ0) is 14.8. The van der Waals surface area contributed by atoms with Crippen LogP contribution in [0, 0.1) is 23.7 Å². The van der Waals surface area contributed by atoms with Crippen molar-refractivity contribution in [2.75, 3.05) is 6.54 Å². The van der Waals surface area contributed by atoms with Crippen LogP contribution in [0.2, 0.25) is 0 Å². The summed E-state index contributed by atoms with van der Waals surface area (Å²) in [5, 5.41) is 6.55. The van der Waals surface area contributed by atoms with E-state index in [1.165, 1.54) is 25.7 Å². The highest BCUT2D eigenvalue weighted by Gasteiger charge is 2.45. The van der Waals surface area contributed by atoms with Gasteiger partial charge in [0.15, 0.2) is 0 Å². The second-order valence-electron chi connectivity index (χ2n) is 6.85. The minimum atomic E-state index is 0.152. The summed E-state index contributed by atoms with van der Waals surface area (Å²) in [5.41, 5.74) is 3.17. The molecule has 0 aromatic carbocycles. The van der Waals surface area contributed by atoms with Crippen molar-refractivity contribution in [1.29, 1.82) is 0 Å². The number of carbonyl (C=O) groups is 1. The molecule has 1 saturated heterocycles. The summed E-state index contributed by atoms with van der Waals surface area (Å²) in [7, 11) is 0. The van der Waals surface area contributed by atoms with Crippen LogP contribution in [0.15, 0.2) is 0 Å². The molecule has 6 atom stereocenters. The molecule has 5 nitrogen and oxygen atoms in total. The van der Waals surface area contributed by atoms with Crippen LogP contribution < -0.4 is 16.1 Å². The van der Waals surface area contributed by atoms with E-state index in [4.69, 9.17) is 4.84 Å². The van der Waals surface area contributed by atoms with Crippen molar-refractivity contribution in [3.63, 3.8) is 0 Å². The predicted molar refractivity (Wildman–Crippen MR) is 81.0 cm³/mol. The largest absolute Gasteiger partial charge is 0.356 e. The third-order valence-corrected chi connectivity index (χ3v) is 5.68.